The summed E-state index contributed by atoms with van der Waals surface area (Å²) < 4.78 is 4.65. The maximum absolute atomic E-state index is 10.9. The first-order valence-electron chi connectivity index (χ1n) is 4.92. The average molecular weight is 187 g/mol. The maximum atomic E-state index is 10.9. The van der Waals surface area contributed by atoms with Gasteiger partial charge in [0.25, 0.3) is 0 Å². The van der Waals surface area contributed by atoms with Gasteiger partial charge in [0, 0.05) is 0 Å². The molecule has 1 saturated carbocycles. The van der Waals surface area contributed by atoms with E-state index in [0.717, 1.165) is 12.8 Å². The first-order chi connectivity index (χ1) is 6.26. The summed E-state index contributed by atoms with van der Waals surface area (Å²) in [6, 6.07) is 0. The van der Waals surface area contributed by atoms with Crippen molar-refractivity contribution in [1.82, 2.24) is 5.32 Å². The van der Waals surface area contributed by atoms with Crippen molar-refractivity contribution in [2.75, 3.05) is 21.2 Å². The van der Waals surface area contributed by atoms with Crippen molar-refractivity contribution in [3.05, 3.63) is 0 Å². The zero-order valence-electron chi connectivity index (χ0n) is 8.93. The summed E-state index contributed by atoms with van der Waals surface area (Å²) in [6.45, 7) is 0. The van der Waals surface area contributed by atoms with Gasteiger partial charge in [0.1, 0.15) is 0 Å². The molecule has 3 heteroatoms. The van der Waals surface area contributed by atoms with Gasteiger partial charge < -0.3 is 10.1 Å². The van der Waals surface area contributed by atoms with Crippen LogP contribution in [0.25, 0.3) is 0 Å². The second-order valence-corrected chi connectivity index (χ2v) is 3.36. The predicted molar refractivity (Wildman–Crippen MR) is 53.6 cm³/mol. The monoisotopic (exact) mass is 187 g/mol. The largest absolute Gasteiger partial charge is 0.469 e. The lowest BCUT2D eigenvalue weighted by Gasteiger charge is -2.18. The SMILES string of the molecule is CNC.COC(=O)C1CCCCC1. The van der Waals surface area contributed by atoms with Gasteiger partial charge in [0.15, 0.2) is 0 Å². The highest BCUT2D eigenvalue weighted by molar-refractivity contribution is 5.72. The average Bonchev–Trinajstić information content (AvgIpc) is 2.19. The Morgan fingerprint density at radius 2 is 1.69 bits per heavy atom. The molecular formula is C10H21NO2. The van der Waals surface area contributed by atoms with Crippen LogP contribution in [0.2, 0.25) is 0 Å². The molecule has 0 spiro atoms. The van der Waals surface area contributed by atoms with Gasteiger partial charge in [-0.2, -0.15) is 0 Å². The minimum atomic E-state index is -0.0142. The molecule has 0 radical (unpaired) electrons. The van der Waals surface area contributed by atoms with Crippen molar-refractivity contribution in [2.45, 2.75) is 32.1 Å². The molecule has 0 heterocycles. The van der Waals surface area contributed by atoms with E-state index in [1.165, 1.54) is 26.4 Å². The topological polar surface area (TPSA) is 38.3 Å². The fourth-order valence-corrected chi connectivity index (χ4v) is 1.50. The van der Waals surface area contributed by atoms with Gasteiger partial charge in [-0.15, -0.1) is 0 Å². The molecule has 13 heavy (non-hydrogen) atoms. The third-order valence-electron chi connectivity index (χ3n) is 2.14. The van der Waals surface area contributed by atoms with Crippen molar-refractivity contribution < 1.29 is 9.53 Å². The van der Waals surface area contributed by atoms with Crippen LogP contribution in [-0.2, 0) is 9.53 Å². The highest BCUT2D eigenvalue weighted by Gasteiger charge is 2.20. The predicted octanol–water partition coefficient (Wildman–Crippen LogP) is 1.58. The summed E-state index contributed by atoms with van der Waals surface area (Å²) in [5, 5.41) is 2.75. The van der Waals surface area contributed by atoms with Crippen molar-refractivity contribution in [2.24, 2.45) is 5.92 Å². The molecule has 0 bridgehead atoms. The van der Waals surface area contributed by atoms with E-state index >= 15 is 0 Å². The fourth-order valence-electron chi connectivity index (χ4n) is 1.50. The molecular weight excluding hydrogens is 166 g/mol. The summed E-state index contributed by atoms with van der Waals surface area (Å²) in [7, 11) is 5.22. The molecule has 0 aliphatic heterocycles. The molecule has 1 rings (SSSR count). The molecule has 0 saturated heterocycles. The number of methoxy groups -OCH3 is 1. The van der Waals surface area contributed by atoms with Crippen LogP contribution in [0.3, 0.4) is 0 Å². The van der Waals surface area contributed by atoms with E-state index in [0.29, 0.717) is 0 Å². The van der Waals surface area contributed by atoms with Crippen LogP contribution in [0.4, 0.5) is 0 Å². The maximum Gasteiger partial charge on any atom is 0.308 e. The van der Waals surface area contributed by atoms with Crippen LogP contribution in [0, 0.1) is 5.92 Å². The summed E-state index contributed by atoms with van der Waals surface area (Å²) in [6.07, 6.45) is 5.74. The van der Waals surface area contributed by atoms with Crippen LogP contribution in [0.1, 0.15) is 32.1 Å². The van der Waals surface area contributed by atoms with Gasteiger partial charge in [0.05, 0.1) is 13.0 Å². The van der Waals surface area contributed by atoms with Crippen LogP contribution < -0.4 is 5.32 Å². The molecule has 0 aromatic carbocycles. The van der Waals surface area contributed by atoms with Gasteiger partial charge in [-0.1, -0.05) is 19.3 Å². The van der Waals surface area contributed by atoms with Crippen molar-refractivity contribution in [3.63, 3.8) is 0 Å². The van der Waals surface area contributed by atoms with E-state index in [9.17, 15) is 4.79 Å². The van der Waals surface area contributed by atoms with Crippen LogP contribution in [0.15, 0.2) is 0 Å². The van der Waals surface area contributed by atoms with E-state index in [1.54, 1.807) is 0 Å². The Morgan fingerprint density at radius 1 is 1.23 bits per heavy atom. The molecule has 0 atom stereocenters. The van der Waals surface area contributed by atoms with Gasteiger partial charge in [-0.3, -0.25) is 4.79 Å². The molecule has 1 aliphatic carbocycles. The number of rotatable bonds is 1. The van der Waals surface area contributed by atoms with Crippen LogP contribution in [0.5, 0.6) is 0 Å². The molecule has 0 aromatic rings. The second-order valence-electron chi connectivity index (χ2n) is 3.36. The number of ether oxygens (including phenoxy) is 1. The summed E-state index contributed by atoms with van der Waals surface area (Å²) in [4.78, 5) is 10.9. The molecule has 3 nitrogen and oxygen atoms in total. The first kappa shape index (κ1) is 12.4. The quantitative estimate of drug-likeness (QED) is 0.633. The van der Waals surface area contributed by atoms with E-state index in [2.05, 4.69) is 10.1 Å². The normalized spacial score (nSPS) is 17.2. The molecule has 1 N–H and O–H groups in total. The third-order valence-corrected chi connectivity index (χ3v) is 2.14. The van der Waals surface area contributed by atoms with Gasteiger partial charge in [0.2, 0.25) is 0 Å². The Bertz CT molecular complexity index is 131. The lowest BCUT2D eigenvalue weighted by atomic mass is 9.89. The van der Waals surface area contributed by atoms with E-state index in [4.69, 9.17) is 0 Å². The molecule has 0 unspecified atom stereocenters. The molecule has 78 valence electrons. The summed E-state index contributed by atoms with van der Waals surface area (Å²) in [5.74, 6) is 0.193. The van der Waals surface area contributed by atoms with E-state index < -0.39 is 0 Å². The number of carbonyl (C=O) groups excluding carboxylic acids is 1. The highest BCUT2D eigenvalue weighted by atomic mass is 16.5. The number of esters is 1. The first-order valence-corrected chi connectivity index (χ1v) is 4.92. The Labute approximate surface area is 80.8 Å². The summed E-state index contributed by atoms with van der Waals surface area (Å²) in [5.41, 5.74) is 0. The number of hydrogen-bond donors (Lipinski definition) is 1. The highest BCUT2D eigenvalue weighted by Crippen LogP contribution is 2.24. The molecule has 0 aromatic heterocycles. The smallest absolute Gasteiger partial charge is 0.308 e. The van der Waals surface area contributed by atoms with Gasteiger partial charge >= 0.3 is 5.97 Å². The number of carbonyl (C=O) groups is 1. The van der Waals surface area contributed by atoms with E-state index in [1.807, 2.05) is 14.1 Å². The zero-order valence-corrected chi connectivity index (χ0v) is 8.93. The lowest BCUT2D eigenvalue weighted by molar-refractivity contribution is -0.146. The Hall–Kier alpha value is -0.570. The zero-order chi connectivity index (χ0) is 10.1. The Kier molecular flexibility index (Phi) is 7.69. The number of hydrogen-bond acceptors (Lipinski definition) is 3. The standard InChI is InChI=1S/C8H14O2.C2H7N/c1-10-8(9)7-5-3-2-4-6-7;1-3-2/h7H,2-6H2,1H3;3H,1-2H3. The Balaban J connectivity index is 0.000000424. The van der Waals surface area contributed by atoms with Crippen LogP contribution >= 0.6 is 0 Å². The second kappa shape index (κ2) is 8.05. The van der Waals surface area contributed by atoms with Crippen LogP contribution in [-0.4, -0.2) is 27.2 Å². The third kappa shape index (κ3) is 5.64. The van der Waals surface area contributed by atoms with Gasteiger partial charge in [-0.05, 0) is 26.9 Å². The van der Waals surface area contributed by atoms with Gasteiger partial charge in [-0.25, -0.2) is 0 Å². The van der Waals surface area contributed by atoms with E-state index in [-0.39, 0.29) is 11.9 Å². The lowest BCUT2D eigenvalue weighted by Crippen LogP contribution is -2.18. The van der Waals surface area contributed by atoms with Crippen molar-refractivity contribution >= 4 is 5.97 Å². The number of nitrogens with one attached hydrogen (secondary N) is 1. The molecule has 0 amide bonds. The minimum absolute atomic E-state index is 0.0142. The minimum Gasteiger partial charge on any atom is -0.469 e. The van der Waals surface area contributed by atoms with Crippen molar-refractivity contribution in [1.29, 1.82) is 0 Å². The fraction of sp³-hybridized carbons (Fsp3) is 0.900. The summed E-state index contributed by atoms with van der Waals surface area (Å²) >= 11 is 0. The van der Waals surface area contributed by atoms with Crippen molar-refractivity contribution in [3.8, 4) is 0 Å². The Morgan fingerprint density at radius 3 is 2.08 bits per heavy atom. The molecule has 1 aliphatic rings. The molecule has 1 fully saturated rings.